The summed E-state index contributed by atoms with van der Waals surface area (Å²) in [4.78, 5) is 11.0. The summed E-state index contributed by atoms with van der Waals surface area (Å²) in [6, 6.07) is 14.9. The van der Waals surface area contributed by atoms with Crippen molar-refractivity contribution in [2.45, 2.75) is 13.5 Å². The minimum Gasteiger partial charge on any atom is -0.377 e. The van der Waals surface area contributed by atoms with Crippen molar-refractivity contribution >= 4 is 5.91 Å². The van der Waals surface area contributed by atoms with Crippen LogP contribution in [0, 0.1) is 11.8 Å². The Morgan fingerprint density at radius 3 is 2.00 bits per heavy atom. The van der Waals surface area contributed by atoms with Crippen molar-refractivity contribution in [3.05, 3.63) is 70.8 Å². The second-order valence-corrected chi connectivity index (χ2v) is 4.53. The van der Waals surface area contributed by atoms with Crippen LogP contribution in [0.25, 0.3) is 0 Å². The number of nitrogens with two attached hydrogens (primary N) is 1. The first kappa shape index (κ1) is 14.8. The molecule has 0 aliphatic carbocycles. The van der Waals surface area contributed by atoms with Gasteiger partial charge in [0.25, 0.3) is 0 Å². The Balaban J connectivity index is 2.06. The third-order valence-corrected chi connectivity index (χ3v) is 2.95. The molecule has 106 valence electrons. The van der Waals surface area contributed by atoms with Crippen molar-refractivity contribution in [1.82, 2.24) is 0 Å². The minimum absolute atomic E-state index is 0.431. The Bertz CT molecular complexity index is 661. The molecule has 0 atom stereocenters. The third-order valence-electron chi connectivity index (χ3n) is 2.95. The Morgan fingerprint density at radius 1 is 1.00 bits per heavy atom. The third kappa shape index (κ3) is 4.48. The van der Waals surface area contributed by atoms with Gasteiger partial charge in [-0.25, -0.2) is 0 Å². The SMILES string of the molecule is CCOCc1ccc(C#Cc2ccc(C(N)=O)cc2)cc1. The number of benzene rings is 2. The number of primary amides is 1. The highest BCUT2D eigenvalue weighted by molar-refractivity contribution is 5.92. The highest BCUT2D eigenvalue weighted by atomic mass is 16.5. The molecule has 0 saturated heterocycles. The standard InChI is InChI=1S/C18H17NO2/c1-2-21-13-16-7-5-14(6-8-16)3-4-15-9-11-17(12-10-15)18(19)20/h5-12H,2,13H2,1H3,(H2,19,20). The lowest BCUT2D eigenvalue weighted by molar-refractivity contribution is 0.100. The molecular weight excluding hydrogens is 262 g/mol. The molecule has 21 heavy (non-hydrogen) atoms. The van der Waals surface area contributed by atoms with Gasteiger partial charge in [-0.05, 0) is 48.9 Å². The zero-order valence-electron chi connectivity index (χ0n) is 11.9. The predicted octanol–water partition coefficient (Wildman–Crippen LogP) is 2.72. The minimum atomic E-state index is -0.431. The van der Waals surface area contributed by atoms with E-state index < -0.39 is 5.91 Å². The van der Waals surface area contributed by atoms with Gasteiger partial charge in [0.05, 0.1) is 6.61 Å². The monoisotopic (exact) mass is 279 g/mol. The van der Waals surface area contributed by atoms with Gasteiger partial charge in [0.15, 0.2) is 0 Å². The van der Waals surface area contributed by atoms with E-state index in [1.165, 1.54) is 0 Å². The van der Waals surface area contributed by atoms with E-state index in [0.29, 0.717) is 18.8 Å². The van der Waals surface area contributed by atoms with Crippen LogP contribution in [-0.4, -0.2) is 12.5 Å². The van der Waals surface area contributed by atoms with Crippen molar-refractivity contribution in [1.29, 1.82) is 0 Å². The Kier molecular flexibility index (Phi) is 5.14. The van der Waals surface area contributed by atoms with Crippen LogP contribution in [-0.2, 0) is 11.3 Å². The zero-order chi connectivity index (χ0) is 15.1. The van der Waals surface area contributed by atoms with Crippen LogP contribution < -0.4 is 5.73 Å². The van der Waals surface area contributed by atoms with Crippen molar-refractivity contribution in [2.75, 3.05) is 6.61 Å². The van der Waals surface area contributed by atoms with E-state index in [1.807, 2.05) is 31.2 Å². The Morgan fingerprint density at radius 2 is 1.52 bits per heavy atom. The predicted molar refractivity (Wildman–Crippen MR) is 82.7 cm³/mol. The molecule has 2 aromatic rings. The second kappa shape index (κ2) is 7.28. The molecule has 0 fully saturated rings. The summed E-state index contributed by atoms with van der Waals surface area (Å²) in [7, 11) is 0. The molecule has 1 amide bonds. The summed E-state index contributed by atoms with van der Waals surface area (Å²) in [6.45, 7) is 3.31. The summed E-state index contributed by atoms with van der Waals surface area (Å²) in [5.41, 5.74) is 8.60. The normalized spacial score (nSPS) is 9.76. The molecule has 2 aromatic carbocycles. The van der Waals surface area contributed by atoms with E-state index in [9.17, 15) is 4.79 Å². The summed E-state index contributed by atoms with van der Waals surface area (Å²) < 4.78 is 5.35. The summed E-state index contributed by atoms with van der Waals surface area (Å²) >= 11 is 0. The number of carbonyl (C=O) groups is 1. The number of hydrogen-bond donors (Lipinski definition) is 1. The van der Waals surface area contributed by atoms with Gasteiger partial charge in [-0.15, -0.1) is 0 Å². The largest absolute Gasteiger partial charge is 0.377 e. The van der Waals surface area contributed by atoms with Crippen molar-refractivity contribution in [3.63, 3.8) is 0 Å². The van der Waals surface area contributed by atoms with Gasteiger partial charge in [-0.3, -0.25) is 4.79 Å². The van der Waals surface area contributed by atoms with Crippen LogP contribution in [0.4, 0.5) is 0 Å². The van der Waals surface area contributed by atoms with Gasteiger partial charge >= 0.3 is 0 Å². The average Bonchev–Trinajstić information content (AvgIpc) is 2.52. The maximum Gasteiger partial charge on any atom is 0.248 e. The molecule has 0 bridgehead atoms. The summed E-state index contributed by atoms with van der Waals surface area (Å²) in [6.07, 6.45) is 0. The van der Waals surface area contributed by atoms with Crippen LogP contribution >= 0.6 is 0 Å². The molecule has 0 spiro atoms. The van der Waals surface area contributed by atoms with Crippen LogP contribution in [0.3, 0.4) is 0 Å². The first-order valence-corrected chi connectivity index (χ1v) is 6.77. The highest BCUT2D eigenvalue weighted by Crippen LogP contribution is 2.06. The van der Waals surface area contributed by atoms with Gasteiger partial charge in [0.2, 0.25) is 5.91 Å². The van der Waals surface area contributed by atoms with Gasteiger partial charge in [0.1, 0.15) is 0 Å². The van der Waals surface area contributed by atoms with E-state index in [0.717, 1.165) is 16.7 Å². The topological polar surface area (TPSA) is 52.3 Å². The van der Waals surface area contributed by atoms with E-state index in [4.69, 9.17) is 10.5 Å². The first-order chi connectivity index (χ1) is 10.2. The van der Waals surface area contributed by atoms with E-state index >= 15 is 0 Å². The summed E-state index contributed by atoms with van der Waals surface area (Å²) in [5, 5.41) is 0. The molecule has 3 nitrogen and oxygen atoms in total. The molecule has 3 heteroatoms. The lowest BCUT2D eigenvalue weighted by atomic mass is 10.1. The number of amides is 1. The van der Waals surface area contributed by atoms with Crippen molar-refractivity contribution < 1.29 is 9.53 Å². The van der Waals surface area contributed by atoms with Crippen LogP contribution in [0.2, 0.25) is 0 Å². The molecule has 0 radical (unpaired) electrons. The molecule has 2 rings (SSSR count). The fourth-order valence-electron chi connectivity index (χ4n) is 1.77. The smallest absolute Gasteiger partial charge is 0.248 e. The van der Waals surface area contributed by atoms with Gasteiger partial charge in [-0.1, -0.05) is 24.0 Å². The van der Waals surface area contributed by atoms with Crippen LogP contribution in [0.15, 0.2) is 48.5 Å². The maximum absolute atomic E-state index is 11.0. The number of rotatable bonds is 4. The summed E-state index contributed by atoms with van der Waals surface area (Å²) in [5.74, 6) is 5.71. The number of ether oxygens (including phenoxy) is 1. The van der Waals surface area contributed by atoms with E-state index in [1.54, 1.807) is 24.3 Å². The Labute approximate surface area is 124 Å². The van der Waals surface area contributed by atoms with E-state index in [-0.39, 0.29) is 0 Å². The molecule has 0 saturated carbocycles. The molecule has 2 N–H and O–H groups in total. The maximum atomic E-state index is 11.0. The Hall–Kier alpha value is -2.57. The van der Waals surface area contributed by atoms with Gasteiger partial charge in [0, 0.05) is 23.3 Å². The van der Waals surface area contributed by atoms with Crippen molar-refractivity contribution in [2.24, 2.45) is 5.73 Å². The molecule has 0 aliphatic heterocycles. The average molecular weight is 279 g/mol. The van der Waals surface area contributed by atoms with Gasteiger partial charge in [-0.2, -0.15) is 0 Å². The molecular formula is C18H17NO2. The number of carbonyl (C=O) groups excluding carboxylic acids is 1. The van der Waals surface area contributed by atoms with E-state index in [2.05, 4.69) is 11.8 Å². The second-order valence-electron chi connectivity index (χ2n) is 4.53. The fraction of sp³-hybridized carbons (Fsp3) is 0.167. The van der Waals surface area contributed by atoms with Crippen LogP contribution in [0.5, 0.6) is 0 Å². The lowest BCUT2D eigenvalue weighted by Crippen LogP contribution is -2.10. The lowest BCUT2D eigenvalue weighted by Gasteiger charge is -2.00. The van der Waals surface area contributed by atoms with Crippen molar-refractivity contribution in [3.8, 4) is 11.8 Å². The zero-order valence-corrected chi connectivity index (χ0v) is 11.9. The quantitative estimate of drug-likeness (QED) is 0.875. The molecule has 0 unspecified atom stereocenters. The van der Waals surface area contributed by atoms with Crippen LogP contribution in [0.1, 0.15) is 34.0 Å². The fourth-order valence-corrected chi connectivity index (χ4v) is 1.77. The first-order valence-electron chi connectivity index (χ1n) is 6.77. The molecule has 0 heterocycles. The molecule has 0 aliphatic rings. The number of hydrogen-bond acceptors (Lipinski definition) is 2. The molecule has 0 aromatic heterocycles. The highest BCUT2D eigenvalue weighted by Gasteiger charge is 1.98. The van der Waals surface area contributed by atoms with Gasteiger partial charge < -0.3 is 10.5 Å².